The quantitative estimate of drug-likeness (QED) is 0.809. The topological polar surface area (TPSA) is 38.9 Å². The van der Waals surface area contributed by atoms with E-state index < -0.39 is 28.9 Å². The van der Waals surface area contributed by atoms with E-state index in [2.05, 4.69) is 4.98 Å². The highest BCUT2D eigenvalue weighted by Gasteiger charge is 2.36. The summed E-state index contributed by atoms with van der Waals surface area (Å²) in [6.45, 7) is 0. The van der Waals surface area contributed by atoms with Gasteiger partial charge in [0.15, 0.2) is 5.13 Å². The Morgan fingerprint density at radius 2 is 1.83 bits per heavy atom. The highest BCUT2D eigenvalue weighted by Crippen LogP contribution is 2.36. The van der Waals surface area contributed by atoms with Crippen LogP contribution in [0.4, 0.5) is 27.1 Å². The number of aromatic nitrogens is 1. The predicted molar refractivity (Wildman–Crippen MR) is 56.9 cm³/mol. The lowest BCUT2D eigenvalue weighted by Crippen LogP contribution is -2.10. The molecule has 1 heterocycles. The Balaban J connectivity index is 2.66. The van der Waals surface area contributed by atoms with E-state index >= 15 is 0 Å². The third-order valence-electron chi connectivity index (χ3n) is 2.14. The summed E-state index contributed by atoms with van der Waals surface area (Å²) in [5.41, 5.74) is 2.95. The Labute approximate surface area is 102 Å². The van der Waals surface area contributed by atoms with Crippen molar-refractivity contribution < 1.29 is 22.0 Å². The second-order valence-electron chi connectivity index (χ2n) is 3.38. The molecule has 0 saturated heterocycles. The summed E-state index contributed by atoms with van der Waals surface area (Å²) in [5, 5.41) is 1.31. The lowest BCUT2D eigenvalue weighted by Gasteiger charge is -2.10. The number of halogens is 5. The minimum absolute atomic E-state index is 0.0576. The summed E-state index contributed by atoms with van der Waals surface area (Å²) in [4.78, 5) is 3.63. The molecule has 2 nitrogen and oxygen atoms in total. The molecule has 0 radical (unpaired) electrons. The van der Waals surface area contributed by atoms with Crippen molar-refractivity contribution >= 4 is 16.5 Å². The molecular formula is C10H5F5N2S. The second-order valence-corrected chi connectivity index (χ2v) is 4.27. The van der Waals surface area contributed by atoms with Crippen LogP contribution in [0.25, 0.3) is 11.3 Å². The molecule has 0 aliphatic heterocycles. The number of rotatable bonds is 1. The summed E-state index contributed by atoms with van der Waals surface area (Å²) >= 11 is 0.923. The van der Waals surface area contributed by atoms with Crippen LogP contribution in [0.3, 0.4) is 0 Å². The van der Waals surface area contributed by atoms with Gasteiger partial charge < -0.3 is 5.73 Å². The van der Waals surface area contributed by atoms with Crippen molar-refractivity contribution in [3.05, 3.63) is 34.7 Å². The first-order valence-electron chi connectivity index (χ1n) is 4.56. The fourth-order valence-electron chi connectivity index (χ4n) is 1.39. The molecule has 0 atom stereocenters. The molecule has 0 fully saturated rings. The van der Waals surface area contributed by atoms with Gasteiger partial charge in [-0.05, 0) is 12.1 Å². The van der Waals surface area contributed by atoms with Crippen LogP contribution in [-0.2, 0) is 6.18 Å². The number of nitrogen functional groups attached to an aromatic ring is 1. The van der Waals surface area contributed by atoms with E-state index in [-0.39, 0.29) is 16.9 Å². The number of alkyl halides is 3. The summed E-state index contributed by atoms with van der Waals surface area (Å²) < 4.78 is 64.2. The van der Waals surface area contributed by atoms with E-state index in [4.69, 9.17) is 5.73 Å². The number of nitrogens with two attached hydrogens (primary N) is 1. The van der Waals surface area contributed by atoms with Gasteiger partial charge in [0.1, 0.15) is 11.6 Å². The molecule has 2 rings (SSSR count). The second kappa shape index (κ2) is 4.20. The van der Waals surface area contributed by atoms with Crippen LogP contribution in [0.2, 0.25) is 0 Å². The summed E-state index contributed by atoms with van der Waals surface area (Å²) in [6.07, 6.45) is -4.97. The molecule has 0 saturated carbocycles. The normalized spacial score (nSPS) is 11.8. The number of nitrogens with zero attached hydrogens (tertiary/aromatic N) is 1. The van der Waals surface area contributed by atoms with Crippen molar-refractivity contribution in [2.75, 3.05) is 5.73 Å². The van der Waals surface area contributed by atoms with Gasteiger partial charge >= 0.3 is 6.18 Å². The maximum atomic E-state index is 13.7. The van der Waals surface area contributed by atoms with Gasteiger partial charge in [-0.25, -0.2) is 13.8 Å². The first-order chi connectivity index (χ1) is 8.29. The van der Waals surface area contributed by atoms with Crippen LogP contribution < -0.4 is 5.73 Å². The Hall–Kier alpha value is -1.70. The van der Waals surface area contributed by atoms with Crippen LogP contribution in [0.5, 0.6) is 0 Å². The Morgan fingerprint density at radius 1 is 1.17 bits per heavy atom. The molecule has 2 N–H and O–H groups in total. The fourth-order valence-corrected chi connectivity index (χ4v) is 1.96. The van der Waals surface area contributed by atoms with E-state index in [0.29, 0.717) is 6.07 Å². The lowest BCUT2D eigenvalue weighted by atomic mass is 10.1. The van der Waals surface area contributed by atoms with Gasteiger partial charge in [0, 0.05) is 10.9 Å². The Bertz CT molecular complexity index is 590. The third-order valence-corrected chi connectivity index (χ3v) is 2.81. The minimum atomic E-state index is -4.97. The smallest absolute Gasteiger partial charge is 0.375 e. The van der Waals surface area contributed by atoms with Crippen LogP contribution in [0, 0.1) is 11.6 Å². The molecule has 1 aromatic heterocycles. The van der Waals surface area contributed by atoms with Gasteiger partial charge in [0.05, 0.1) is 11.3 Å². The number of hydrogen-bond acceptors (Lipinski definition) is 3. The fraction of sp³-hybridized carbons (Fsp3) is 0.100. The molecule has 0 aliphatic carbocycles. The molecule has 0 spiro atoms. The minimum Gasteiger partial charge on any atom is -0.375 e. The van der Waals surface area contributed by atoms with Crippen molar-refractivity contribution in [2.24, 2.45) is 0 Å². The number of anilines is 1. The average Bonchev–Trinajstić information content (AvgIpc) is 2.66. The monoisotopic (exact) mass is 280 g/mol. The molecule has 1 aromatic carbocycles. The maximum absolute atomic E-state index is 13.7. The van der Waals surface area contributed by atoms with Crippen molar-refractivity contribution in [2.45, 2.75) is 6.18 Å². The summed E-state index contributed by atoms with van der Waals surface area (Å²) in [6, 6.07) is 0.758. The molecule has 0 bridgehead atoms. The lowest BCUT2D eigenvalue weighted by molar-refractivity contribution is -0.140. The van der Waals surface area contributed by atoms with Gasteiger partial charge in [-0.3, -0.25) is 0 Å². The maximum Gasteiger partial charge on any atom is 0.419 e. The van der Waals surface area contributed by atoms with Crippen molar-refractivity contribution in [1.29, 1.82) is 0 Å². The van der Waals surface area contributed by atoms with E-state index in [0.717, 1.165) is 11.3 Å². The largest absolute Gasteiger partial charge is 0.419 e. The Kier molecular flexibility index (Phi) is 2.97. The van der Waals surface area contributed by atoms with E-state index in [1.807, 2.05) is 0 Å². The number of benzene rings is 1. The van der Waals surface area contributed by atoms with E-state index in [1.165, 1.54) is 5.38 Å². The average molecular weight is 280 g/mol. The van der Waals surface area contributed by atoms with Gasteiger partial charge in [0.25, 0.3) is 0 Å². The van der Waals surface area contributed by atoms with Gasteiger partial charge in [0.2, 0.25) is 0 Å². The van der Waals surface area contributed by atoms with Gasteiger partial charge in [-0.1, -0.05) is 0 Å². The van der Waals surface area contributed by atoms with Gasteiger partial charge in [-0.15, -0.1) is 11.3 Å². The van der Waals surface area contributed by atoms with Crippen molar-refractivity contribution in [3.8, 4) is 11.3 Å². The molecule has 0 aliphatic rings. The van der Waals surface area contributed by atoms with Crippen LogP contribution in [-0.4, -0.2) is 4.98 Å². The summed E-state index contributed by atoms with van der Waals surface area (Å²) in [7, 11) is 0. The molecule has 96 valence electrons. The number of hydrogen-bond donors (Lipinski definition) is 1. The van der Waals surface area contributed by atoms with E-state index in [1.54, 1.807) is 0 Å². The molecule has 0 amide bonds. The van der Waals surface area contributed by atoms with Crippen LogP contribution in [0.1, 0.15) is 5.56 Å². The summed E-state index contributed by atoms with van der Waals surface area (Å²) in [5.74, 6) is -2.75. The zero-order chi connectivity index (χ0) is 13.5. The molecule has 18 heavy (non-hydrogen) atoms. The predicted octanol–water partition coefficient (Wildman–Crippen LogP) is 3.69. The van der Waals surface area contributed by atoms with Crippen LogP contribution >= 0.6 is 11.3 Å². The molecular weight excluding hydrogens is 275 g/mol. The molecule has 0 unspecified atom stereocenters. The van der Waals surface area contributed by atoms with Crippen molar-refractivity contribution in [1.82, 2.24) is 4.98 Å². The van der Waals surface area contributed by atoms with Gasteiger partial charge in [-0.2, -0.15) is 13.2 Å². The highest BCUT2D eigenvalue weighted by atomic mass is 32.1. The zero-order valence-electron chi connectivity index (χ0n) is 8.55. The van der Waals surface area contributed by atoms with Crippen LogP contribution in [0.15, 0.2) is 17.5 Å². The third kappa shape index (κ3) is 2.28. The van der Waals surface area contributed by atoms with Crippen molar-refractivity contribution in [3.63, 3.8) is 0 Å². The zero-order valence-corrected chi connectivity index (χ0v) is 9.37. The SMILES string of the molecule is Nc1nc(-c2cc(F)cc(C(F)(F)F)c2F)cs1. The molecule has 2 aromatic rings. The van der Waals surface area contributed by atoms with E-state index in [9.17, 15) is 22.0 Å². The first kappa shape index (κ1) is 12.7. The standard InChI is InChI=1S/C10H5F5N2S/c11-4-1-5(7-3-18-9(16)17-7)8(12)6(2-4)10(13,14)15/h1-3H,(H2,16,17). The molecule has 8 heteroatoms. The number of thiazole rings is 1. The first-order valence-corrected chi connectivity index (χ1v) is 5.44. The highest BCUT2D eigenvalue weighted by molar-refractivity contribution is 7.13. The Morgan fingerprint density at radius 3 is 2.33 bits per heavy atom.